The second kappa shape index (κ2) is 6.84. The van der Waals surface area contributed by atoms with E-state index >= 15 is 0 Å². The monoisotopic (exact) mass is 355 g/mol. The molecule has 3 N–H and O–H groups in total. The topological polar surface area (TPSA) is 88.1 Å². The maximum Gasteiger partial charge on any atom is 0.422 e. The molecule has 0 amide bonds. The van der Waals surface area contributed by atoms with Gasteiger partial charge >= 0.3 is 12.1 Å². The summed E-state index contributed by atoms with van der Waals surface area (Å²) in [6.07, 6.45) is -4.72. The van der Waals surface area contributed by atoms with E-state index in [0.717, 1.165) is 6.07 Å². The average molecular weight is 355 g/mol. The van der Waals surface area contributed by atoms with Crippen LogP contribution >= 0.6 is 0 Å². The Morgan fingerprint density at radius 2 is 2.04 bits per heavy atom. The predicted molar refractivity (Wildman–Crippen MR) is 78.8 cm³/mol. The van der Waals surface area contributed by atoms with Gasteiger partial charge in [-0.05, 0) is 13.0 Å². The molecule has 9 heteroatoms. The molecule has 0 saturated heterocycles. The van der Waals surface area contributed by atoms with Crippen LogP contribution in [0.15, 0.2) is 46.9 Å². The van der Waals surface area contributed by atoms with Crippen LogP contribution in [0.25, 0.3) is 0 Å². The molecule has 1 aliphatic rings. The average Bonchev–Trinajstić information content (AvgIpc) is 2.52. The van der Waals surface area contributed by atoms with Crippen molar-refractivity contribution in [2.24, 2.45) is 5.73 Å². The Labute approximate surface area is 140 Å². The molecule has 0 aliphatic carbocycles. The molecule has 5 nitrogen and oxygen atoms in total. The van der Waals surface area contributed by atoms with E-state index in [1.807, 2.05) is 0 Å². The van der Waals surface area contributed by atoms with Crippen LogP contribution in [0, 0.1) is 17.1 Å². The van der Waals surface area contributed by atoms with E-state index in [9.17, 15) is 27.6 Å². The van der Waals surface area contributed by atoms with Gasteiger partial charge in [-0.25, -0.2) is 9.18 Å². The van der Waals surface area contributed by atoms with Gasteiger partial charge < -0.3 is 15.8 Å². The van der Waals surface area contributed by atoms with Crippen molar-refractivity contribution in [3.8, 4) is 6.07 Å². The molecule has 0 bridgehead atoms. The van der Waals surface area contributed by atoms with E-state index in [1.54, 1.807) is 6.07 Å². The molecule has 0 spiro atoms. The second-order valence-electron chi connectivity index (χ2n) is 5.25. The number of nitriles is 1. The van der Waals surface area contributed by atoms with Gasteiger partial charge in [0.25, 0.3) is 0 Å². The number of esters is 1. The maximum atomic E-state index is 14.2. The number of carbonyl (C=O) groups is 1. The Morgan fingerprint density at radius 3 is 2.60 bits per heavy atom. The van der Waals surface area contributed by atoms with Gasteiger partial charge in [0, 0.05) is 11.3 Å². The number of hydrogen-bond donors (Lipinski definition) is 2. The standard InChI is InChI=1S/C16H13F4N3O2/c1-8-12(15(24)25-7-16(18,19)20)13(10(6-21)14(22)23-8)9-4-2-3-5-11(9)17/h2-5,13,23H,7,22H2,1H3. The third-order valence-electron chi connectivity index (χ3n) is 3.52. The van der Waals surface area contributed by atoms with E-state index in [2.05, 4.69) is 10.1 Å². The summed E-state index contributed by atoms with van der Waals surface area (Å²) in [6.45, 7) is -0.424. The van der Waals surface area contributed by atoms with Gasteiger partial charge in [0.1, 0.15) is 11.6 Å². The number of benzene rings is 1. The number of halogens is 4. The number of allylic oxidation sites excluding steroid dienone is 2. The molecule has 0 radical (unpaired) electrons. The predicted octanol–water partition coefficient (Wildman–Crippen LogP) is 2.59. The third kappa shape index (κ3) is 3.91. The summed E-state index contributed by atoms with van der Waals surface area (Å²) in [5.74, 6) is -3.42. The van der Waals surface area contributed by atoms with Crippen molar-refractivity contribution in [2.75, 3.05) is 6.61 Å². The molecule has 0 saturated carbocycles. The molecular weight excluding hydrogens is 342 g/mol. The summed E-state index contributed by atoms with van der Waals surface area (Å²) in [4.78, 5) is 12.2. The molecular formula is C16H13F4N3O2. The van der Waals surface area contributed by atoms with E-state index in [4.69, 9.17) is 5.73 Å². The quantitative estimate of drug-likeness (QED) is 0.643. The van der Waals surface area contributed by atoms with Gasteiger partial charge in [0.15, 0.2) is 6.61 Å². The van der Waals surface area contributed by atoms with Crippen LogP contribution in [0.2, 0.25) is 0 Å². The van der Waals surface area contributed by atoms with Crippen molar-refractivity contribution in [3.05, 3.63) is 58.3 Å². The minimum absolute atomic E-state index is 0.0678. The Bertz CT molecular complexity index is 806. The van der Waals surface area contributed by atoms with Gasteiger partial charge in [0.05, 0.1) is 23.1 Å². The number of hydrogen-bond acceptors (Lipinski definition) is 5. The highest BCUT2D eigenvalue weighted by Crippen LogP contribution is 2.38. The number of alkyl halides is 3. The first kappa shape index (κ1) is 18.3. The van der Waals surface area contributed by atoms with Crippen LogP contribution in [0.5, 0.6) is 0 Å². The van der Waals surface area contributed by atoms with Crippen molar-refractivity contribution in [2.45, 2.75) is 19.0 Å². The summed E-state index contributed by atoms with van der Waals surface area (Å²) >= 11 is 0. The van der Waals surface area contributed by atoms with Crippen molar-refractivity contribution in [3.63, 3.8) is 0 Å². The highest BCUT2D eigenvalue weighted by atomic mass is 19.4. The molecule has 1 unspecified atom stereocenters. The summed E-state index contributed by atoms with van der Waals surface area (Å²) in [6, 6.07) is 7.07. The number of nitrogens with two attached hydrogens (primary N) is 1. The Kier molecular flexibility index (Phi) is 5.02. The molecule has 0 fully saturated rings. The zero-order valence-corrected chi connectivity index (χ0v) is 12.9. The lowest BCUT2D eigenvalue weighted by atomic mass is 9.81. The van der Waals surface area contributed by atoms with Crippen molar-refractivity contribution < 1.29 is 27.1 Å². The van der Waals surface area contributed by atoms with Crippen LogP contribution < -0.4 is 11.1 Å². The maximum absolute atomic E-state index is 14.2. The van der Waals surface area contributed by atoms with Crippen molar-refractivity contribution >= 4 is 5.97 Å². The number of nitrogens with zero attached hydrogens (tertiary/aromatic N) is 1. The van der Waals surface area contributed by atoms with Crippen LogP contribution in [-0.2, 0) is 9.53 Å². The lowest BCUT2D eigenvalue weighted by Gasteiger charge is -2.28. The molecule has 132 valence electrons. The first-order chi connectivity index (χ1) is 11.7. The normalized spacial score (nSPS) is 17.8. The van der Waals surface area contributed by atoms with E-state index in [0.29, 0.717) is 0 Å². The lowest BCUT2D eigenvalue weighted by Crippen LogP contribution is -2.34. The zero-order valence-electron chi connectivity index (χ0n) is 12.9. The zero-order chi connectivity index (χ0) is 18.8. The van der Waals surface area contributed by atoms with Gasteiger partial charge in [0.2, 0.25) is 0 Å². The molecule has 1 aromatic carbocycles. The van der Waals surface area contributed by atoms with Gasteiger partial charge in [-0.15, -0.1) is 0 Å². The summed E-state index contributed by atoms with van der Waals surface area (Å²) in [7, 11) is 0. The first-order valence-corrected chi connectivity index (χ1v) is 7.01. The fraction of sp³-hybridized carbons (Fsp3) is 0.250. The van der Waals surface area contributed by atoms with E-state index in [1.165, 1.54) is 25.1 Å². The number of carbonyl (C=O) groups excluding carboxylic acids is 1. The molecule has 0 aromatic heterocycles. The Balaban J connectivity index is 2.52. The summed E-state index contributed by atoms with van der Waals surface area (Å²) in [5.41, 5.74) is 5.24. The van der Waals surface area contributed by atoms with Gasteiger partial charge in [-0.1, -0.05) is 18.2 Å². The largest absolute Gasteiger partial charge is 0.453 e. The number of nitrogens with one attached hydrogen (secondary N) is 1. The Morgan fingerprint density at radius 1 is 1.40 bits per heavy atom. The fourth-order valence-corrected chi connectivity index (χ4v) is 2.49. The molecule has 1 heterocycles. The number of ether oxygens (including phenoxy) is 1. The minimum Gasteiger partial charge on any atom is -0.453 e. The fourth-order valence-electron chi connectivity index (χ4n) is 2.49. The SMILES string of the molecule is CC1=C(C(=O)OCC(F)(F)F)C(c2ccccc2F)C(C#N)=C(N)N1. The van der Waals surface area contributed by atoms with Crippen LogP contribution in [0.1, 0.15) is 18.4 Å². The van der Waals surface area contributed by atoms with Crippen LogP contribution in [0.3, 0.4) is 0 Å². The summed E-state index contributed by atoms with van der Waals surface area (Å²) in [5, 5.41) is 11.9. The molecule has 25 heavy (non-hydrogen) atoms. The van der Waals surface area contributed by atoms with Crippen LogP contribution in [0.4, 0.5) is 17.6 Å². The van der Waals surface area contributed by atoms with E-state index in [-0.39, 0.29) is 28.2 Å². The number of dihydropyridines is 1. The third-order valence-corrected chi connectivity index (χ3v) is 3.52. The minimum atomic E-state index is -4.72. The van der Waals surface area contributed by atoms with E-state index < -0.39 is 30.5 Å². The van der Waals surface area contributed by atoms with Gasteiger partial charge in [-0.3, -0.25) is 0 Å². The van der Waals surface area contributed by atoms with Gasteiger partial charge in [-0.2, -0.15) is 18.4 Å². The molecule has 1 atom stereocenters. The lowest BCUT2D eigenvalue weighted by molar-refractivity contribution is -0.183. The van der Waals surface area contributed by atoms with Crippen molar-refractivity contribution in [1.82, 2.24) is 5.32 Å². The van der Waals surface area contributed by atoms with Crippen LogP contribution in [-0.4, -0.2) is 18.8 Å². The highest BCUT2D eigenvalue weighted by molar-refractivity contribution is 5.93. The number of rotatable bonds is 3. The second-order valence-corrected chi connectivity index (χ2v) is 5.25. The summed E-state index contributed by atoms with van der Waals surface area (Å²) < 4.78 is 55.4. The first-order valence-electron chi connectivity index (χ1n) is 7.01. The molecule has 1 aliphatic heterocycles. The Hall–Kier alpha value is -3.02. The van der Waals surface area contributed by atoms with Crippen molar-refractivity contribution in [1.29, 1.82) is 5.26 Å². The molecule has 1 aromatic rings. The molecule has 2 rings (SSSR count). The highest BCUT2D eigenvalue weighted by Gasteiger charge is 2.38. The smallest absolute Gasteiger partial charge is 0.422 e.